The highest BCUT2D eigenvalue weighted by Gasteiger charge is 2.74. The Morgan fingerprint density at radius 3 is 2.50 bits per heavy atom. The van der Waals surface area contributed by atoms with E-state index in [0.29, 0.717) is 36.8 Å². The second-order valence-corrected chi connectivity index (χ2v) is 8.86. The summed E-state index contributed by atoms with van der Waals surface area (Å²) in [6.07, 6.45) is 8.66. The Morgan fingerprint density at radius 1 is 1.16 bits per heavy atom. The number of cyclic esters (lactones) is 1. The van der Waals surface area contributed by atoms with Crippen LogP contribution >= 0.6 is 0 Å². The number of hydrogen-bond donors (Lipinski definition) is 0. The smallest absolute Gasteiger partial charge is 0.333 e. The van der Waals surface area contributed by atoms with Crippen LogP contribution in [-0.4, -0.2) is 49.3 Å². The number of carbonyl (C=O) groups is 4. The predicted molar refractivity (Wildman–Crippen MR) is 113 cm³/mol. The summed E-state index contributed by atoms with van der Waals surface area (Å²) in [6, 6.07) is 0. The number of hydrogen-bond acceptors (Lipinski definition) is 8. The van der Waals surface area contributed by atoms with E-state index >= 15 is 0 Å². The molecule has 0 aromatic rings. The zero-order chi connectivity index (χ0) is 23.7. The van der Waals surface area contributed by atoms with E-state index in [1.54, 1.807) is 38.2 Å². The Kier molecular flexibility index (Phi) is 6.36. The van der Waals surface area contributed by atoms with Crippen molar-refractivity contribution in [2.24, 2.45) is 11.3 Å². The van der Waals surface area contributed by atoms with Crippen LogP contribution in [-0.2, 0) is 38.1 Å². The molecule has 1 saturated heterocycles. The predicted octanol–water partition coefficient (Wildman–Crippen LogP) is 2.96. The molecule has 2 aliphatic carbocycles. The quantitative estimate of drug-likeness (QED) is 0.275. The van der Waals surface area contributed by atoms with Gasteiger partial charge in [0.1, 0.15) is 16.6 Å². The van der Waals surface area contributed by atoms with Crippen molar-refractivity contribution in [3.05, 3.63) is 35.5 Å². The van der Waals surface area contributed by atoms with Crippen molar-refractivity contribution in [2.75, 3.05) is 14.2 Å². The third-order valence-electron chi connectivity index (χ3n) is 7.14. The lowest BCUT2D eigenvalue weighted by molar-refractivity contribution is -0.235. The Bertz CT molecular complexity index is 928. The lowest BCUT2D eigenvalue weighted by Gasteiger charge is -2.54. The fourth-order valence-corrected chi connectivity index (χ4v) is 5.61. The topological polar surface area (TPSA) is 105 Å². The van der Waals surface area contributed by atoms with Crippen LogP contribution in [0.25, 0.3) is 0 Å². The van der Waals surface area contributed by atoms with Crippen LogP contribution in [0.1, 0.15) is 52.9 Å². The van der Waals surface area contributed by atoms with Gasteiger partial charge in [-0.3, -0.25) is 9.59 Å². The highest BCUT2D eigenvalue weighted by Crippen LogP contribution is 2.65. The molecule has 0 aromatic carbocycles. The standard InChI is InChI=1S/C24H30O8/c1-15(19(26)29-4)7-6-11-22(3)18-10-13-23(21(28)32-22)12-8-17(20(27)30-5)9-14-24(18,23)31-16(2)25/h6-8,11,18H,9-10,12-14H2,1-5H3/b11-6+,15-7-. The molecule has 0 spiro atoms. The zero-order valence-corrected chi connectivity index (χ0v) is 19.2. The van der Waals surface area contributed by atoms with E-state index in [9.17, 15) is 19.2 Å². The number of allylic oxidation sites excluding steroid dienone is 3. The van der Waals surface area contributed by atoms with Crippen molar-refractivity contribution in [1.29, 1.82) is 0 Å². The molecule has 3 rings (SSSR count). The molecule has 1 aliphatic heterocycles. The molecule has 1 saturated carbocycles. The molecular weight excluding hydrogens is 416 g/mol. The van der Waals surface area contributed by atoms with E-state index in [0.717, 1.165) is 0 Å². The van der Waals surface area contributed by atoms with Crippen LogP contribution in [0.5, 0.6) is 0 Å². The van der Waals surface area contributed by atoms with Gasteiger partial charge in [-0.1, -0.05) is 18.2 Å². The summed E-state index contributed by atoms with van der Waals surface area (Å²) < 4.78 is 21.5. The van der Waals surface area contributed by atoms with E-state index in [1.807, 2.05) is 0 Å². The van der Waals surface area contributed by atoms with E-state index in [-0.39, 0.29) is 12.3 Å². The van der Waals surface area contributed by atoms with E-state index < -0.39 is 40.5 Å². The molecule has 4 atom stereocenters. The van der Waals surface area contributed by atoms with Gasteiger partial charge in [-0.05, 0) is 52.0 Å². The summed E-state index contributed by atoms with van der Waals surface area (Å²) in [5.41, 5.74) is -2.36. The molecule has 3 aliphatic rings. The second kappa shape index (κ2) is 8.56. The number of rotatable bonds is 5. The third kappa shape index (κ3) is 3.65. The highest BCUT2D eigenvalue weighted by atomic mass is 16.6. The molecule has 0 radical (unpaired) electrons. The van der Waals surface area contributed by atoms with Gasteiger partial charge in [-0.15, -0.1) is 0 Å². The zero-order valence-electron chi connectivity index (χ0n) is 19.2. The van der Waals surface area contributed by atoms with Gasteiger partial charge in [0.05, 0.1) is 14.2 Å². The summed E-state index contributed by atoms with van der Waals surface area (Å²) in [5, 5.41) is 0. The first-order valence-corrected chi connectivity index (χ1v) is 10.7. The van der Waals surface area contributed by atoms with Crippen LogP contribution in [0.4, 0.5) is 0 Å². The molecule has 174 valence electrons. The van der Waals surface area contributed by atoms with Gasteiger partial charge in [0.2, 0.25) is 0 Å². The molecule has 0 amide bonds. The maximum atomic E-state index is 13.5. The minimum absolute atomic E-state index is 0.237. The first kappa shape index (κ1) is 23.8. The molecular formula is C24H30O8. The average molecular weight is 446 g/mol. The van der Waals surface area contributed by atoms with Gasteiger partial charge in [0.25, 0.3) is 0 Å². The summed E-state index contributed by atoms with van der Waals surface area (Å²) in [5.74, 6) is -2.15. The fraction of sp³-hybridized carbons (Fsp3) is 0.583. The molecule has 0 N–H and O–H groups in total. The van der Waals surface area contributed by atoms with Gasteiger partial charge in [-0.2, -0.15) is 0 Å². The molecule has 1 heterocycles. The largest absolute Gasteiger partial charge is 0.466 e. The summed E-state index contributed by atoms with van der Waals surface area (Å²) >= 11 is 0. The Labute approximate surface area is 187 Å². The maximum absolute atomic E-state index is 13.5. The van der Waals surface area contributed by atoms with Crippen LogP contribution in [0.15, 0.2) is 35.5 Å². The monoisotopic (exact) mass is 446 g/mol. The number of methoxy groups -OCH3 is 2. The molecule has 2 bridgehead atoms. The van der Waals surface area contributed by atoms with E-state index in [2.05, 4.69) is 0 Å². The summed E-state index contributed by atoms with van der Waals surface area (Å²) in [4.78, 5) is 49.5. The number of ether oxygens (including phenoxy) is 4. The van der Waals surface area contributed by atoms with Crippen LogP contribution < -0.4 is 0 Å². The normalized spacial score (nSPS) is 34.2. The van der Waals surface area contributed by atoms with Crippen molar-refractivity contribution in [3.63, 3.8) is 0 Å². The van der Waals surface area contributed by atoms with Gasteiger partial charge >= 0.3 is 23.9 Å². The van der Waals surface area contributed by atoms with Crippen molar-refractivity contribution >= 4 is 23.9 Å². The van der Waals surface area contributed by atoms with Crippen LogP contribution in [0, 0.1) is 11.3 Å². The summed E-state index contributed by atoms with van der Waals surface area (Å²) in [7, 11) is 2.62. The Balaban J connectivity index is 2.04. The van der Waals surface area contributed by atoms with Crippen molar-refractivity contribution in [3.8, 4) is 0 Å². The van der Waals surface area contributed by atoms with Crippen molar-refractivity contribution in [1.82, 2.24) is 0 Å². The lowest BCUT2D eigenvalue weighted by atomic mass is 9.62. The van der Waals surface area contributed by atoms with Gasteiger partial charge < -0.3 is 18.9 Å². The van der Waals surface area contributed by atoms with Gasteiger partial charge in [-0.25, -0.2) is 9.59 Å². The minimum Gasteiger partial charge on any atom is -0.466 e. The van der Waals surface area contributed by atoms with Crippen LogP contribution in [0.3, 0.4) is 0 Å². The van der Waals surface area contributed by atoms with E-state index in [4.69, 9.17) is 18.9 Å². The third-order valence-corrected chi connectivity index (χ3v) is 7.14. The molecule has 0 aromatic heterocycles. The van der Waals surface area contributed by atoms with Crippen molar-refractivity contribution in [2.45, 2.75) is 64.1 Å². The van der Waals surface area contributed by atoms with Crippen LogP contribution in [0.2, 0.25) is 0 Å². The number of esters is 4. The molecule has 4 unspecified atom stereocenters. The van der Waals surface area contributed by atoms with Gasteiger partial charge in [0, 0.05) is 24.0 Å². The Morgan fingerprint density at radius 2 is 1.88 bits per heavy atom. The second-order valence-electron chi connectivity index (χ2n) is 8.86. The number of carbonyl (C=O) groups excluding carboxylic acids is 4. The minimum atomic E-state index is -1.11. The van der Waals surface area contributed by atoms with Gasteiger partial charge in [0.15, 0.2) is 0 Å². The molecule has 8 heteroatoms. The first-order valence-electron chi connectivity index (χ1n) is 10.7. The molecule has 32 heavy (non-hydrogen) atoms. The Hall–Kier alpha value is -2.90. The maximum Gasteiger partial charge on any atom is 0.333 e. The average Bonchev–Trinajstić information content (AvgIpc) is 2.89. The molecule has 8 nitrogen and oxygen atoms in total. The first-order chi connectivity index (χ1) is 15.0. The highest BCUT2D eigenvalue weighted by molar-refractivity contribution is 5.90. The lowest BCUT2D eigenvalue weighted by Crippen LogP contribution is -2.65. The molecule has 2 fully saturated rings. The van der Waals surface area contributed by atoms with E-state index in [1.165, 1.54) is 21.1 Å². The summed E-state index contributed by atoms with van der Waals surface area (Å²) in [6.45, 7) is 4.74. The fourth-order valence-electron chi connectivity index (χ4n) is 5.61. The van der Waals surface area contributed by atoms with Crippen molar-refractivity contribution < 1.29 is 38.1 Å². The SMILES string of the molecule is COC(=O)C1=CCC23CCC(C(C)(/C=C/C=C(/C)C(=O)OC)OC2=O)C3(OC(C)=O)CC1.